The van der Waals surface area contributed by atoms with Gasteiger partial charge in [0.25, 0.3) is 0 Å². The summed E-state index contributed by atoms with van der Waals surface area (Å²) < 4.78 is 5.50. The molecule has 0 bridgehead atoms. The second-order valence-corrected chi connectivity index (χ2v) is 6.72. The van der Waals surface area contributed by atoms with Gasteiger partial charge in [0.05, 0.1) is 6.10 Å². The van der Waals surface area contributed by atoms with E-state index in [2.05, 4.69) is 52.3 Å². The molecule has 0 aromatic heterocycles. The summed E-state index contributed by atoms with van der Waals surface area (Å²) in [5, 5.41) is 9.25. The first-order valence-electron chi connectivity index (χ1n) is 9.13. The van der Waals surface area contributed by atoms with Crippen molar-refractivity contribution in [2.24, 2.45) is 0 Å². The predicted octanol–water partition coefficient (Wildman–Crippen LogP) is 2.81. The van der Waals surface area contributed by atoms with Crippen molar-refractivity contribution in [2.45, 2.75) is 19.4 Å². The first-order valence-corrected chi connectivity index (χ1v) is 9.13. The second kappa shape index (κ2) is 8.88. The van der Waals surface area contributed by atoms with Gasteiger partial charge >= 0.3 is 0 Å². The van der Waals surface area contributed by atoms with Crippen molar-refractivity contribution in [3.63, 3.8) is 0 Å². The van der Waals surface area contributed by atoms with E-state index in [-0.39, 0.29) is 0 Å². The molecular formula is C21H28N2O2. The minimum atomic E-state index is -0.436. The molecule has 4 heteroatoms. The number of piperazine rings is 1. The van der Waals surface area contributed by atoms with Crippen LogP contribution in [0.2, 0.25) is 0 Å². The minimum absolute atomic E-state index is 0.338. The number of ether oxygens (including phenoxy) is 1. The Bertz CT molecular complexity index is 620. The second-order valence-electron chi connectivity index (χ2n) is 6.72. The monoisotopic (exact) mass is 340 g/mol. The normalized spacial score (nSPS) is 16.6. The standard InChI is InChI=1S/C21H28N2O2/c1-18(24)17-25-21-9-7-19(8-10-21)11-12-22-13-15-23(16-14-22)20-5-3-2-4-6-20/h2-10,18,24H,11-17H2,1H3. The third kappa shape index (κ3) is 5.48. The van der Waals surface area contributed by atoms with Crippen LogP contribution in [0.4, 0.5) is 5.69 Å². The Balaban J connectivity index is 1.41. The average Bonchev–Trinajstić information content (AvgIpc) is 2.66. The zero-order valence-corrected chi connectivity index (χ0v) is 15.0. The van der Waals surface area contributed by atoms with Crippen molar-refractivity contribution in [1.29, 1.82) is 0 Å². The highest BCUT2D eigenvalue weighted by atomic mass is 16.5. The Morgan fingerprint density at radius 3 is 2.28 bits per heavy atom. The van der Waals surface area contributed by atoms with E-state index in [9.17, 15) is 5.11 Å². The molecular weight excluding hydrogens is 312 g/mol. The van der Waals surface area contributed by atoms with Crippen LogP contribution in [-0.4, -0.2) is 55.4 Å². The molecule has 25 heavy (non-hydrogen) atoms. The fourth-order valence-corrected chi connectivity index (χ4v) is 3.12. The van der Waals surface area contributed by atoms with Crippen LogP contribution in [0.3, 0.4) is 0 Å². The number of rotatable bonds is 7. The fourth-order valence-electron chi connectivity index (χ4n) is 3.12. The van der Waals surface area contributed by atoms with Crippen LogP contribution in [-0.2, 0) is 6.42 Å². The third-order valence-corrected chi connectivity index (χ3v) is 4.62. The van der Waals surface area contributed by atoms with Crippen molar-refractivity contribution in [3.8, 4) is 5.75 Å². The summed E-state index contributed by atoms with van der Waals surface area (Å²) in [5.41, 5.74) is 2.66. The molecule has 1 N–H and O–H groups in total. The lowest BCUT2D eigenvalue weighted by atomic mass is 10.1. The lowest BCUT2D eigenvalue weighted by Crippen LogP contribution is -2.46. The number of hydrogen-bond donors (Lipinski definition) is 1. The van der Waals surface area contributed by atoms with E-state index in [0.717, 1.165) is 44.9 Å². The summed E-state index contributed by atoms with van der Waals surface area (Å²) in [6, 6.07) is 18.9. The summed E-state index contributed by atoms with van der Waals surface area (Å²) in [4.78, 5) is 5.00. The topological polar surface area (TPSA) is 35.9 Å². The van der Waals surface area contributed by atoms with Gasteiger partial charge < -0.3 is 14.7 Å². The highest BCUT2D eigenvalue weighted by molar-refractivity contribution is 5.46. The van der Waals surface area contributed by atoms with Crippen molar-refractivity contribution < 1.29 is 9.84 Å². The van der Waals surface area contributed by atoms with E-state index in [0.29, 0.717) is 6.61 Å². The van der Waals surface area contributed by atoms with E-state index in [1.807, 2.05) is 12.1 Å². The Morgan fingerprint density at radius 2 is 1.64 bits per heavy atom. The molecule has 0 saturated carbocycles. The minimum Gasteiger partial charge on any atom is -0.491 e. The zero-order valence-electron chi connectivity index (χ0n) is 15.0. The molecule has 2 aromatic carbocycles. The molecule has 0 radical (unpaired) electrons. The van der Waals surface area contributed by atoms with Crippen LogP contribution in [0.5, 0.6) is 5.75 Å². The van der Waals surface area contributed by atoms with Gasteiger partial charge in [-0.05, 0) is 43.2 Å². The fraction of sp³-hybridized carbons (Fsp3) is 0.429. The SMILES string of the molecule is CC(O)COc1ccc(CCN2CCN(c3ccccc3)CC2)cc1. The summed E-state index contributed by atoms with van der Waals surface area (Å²) in [5.74, 6) is 0.820. The highest BCUT2D eigenvalue weighted by Gasteiger charge is 2.16. The van der Waals surface area contributed by atoms with E-state index >= 15 is 0 Å². The highest BCUT2D eigenvalue weighted by Crippen LogP contribution is 2.16. The number of nitrogens with zero attached hydrogens (tertiary/aromatic N) is 2. The zero-order chi connectivity index (χ0) is 17.5. The summed E-state index contributed by atoms with van der Waals surface area (Å²) in [6.07, 6.45) is 0.622. The molecule has 1 unspecified atom stereocenters. The van der Waals surface area contributed by atoms with Crippen LogP contribution < -0.4 is 9.64 Å². The van der Waals surface area contributed by atoms with Gasteiger partial charge in [-0.25, -0.2) is 0 Å². The summed E-state index contributed by atoms with van der Waals surface area (Å²) >= 11 is 0. The van der Waals surface area contributed by atoms with E-state index in [1.54, 1.807) is 6.92 Å². The smallest absolute Gasteiger partial charge is 0.119 e. The molecule has 134 valence electrons. The third-order valence-electron chi connectivity index (χ3n) is 4.62. The largest absolute Gasteiger partial charge is 0.491 e. The molecule has 1 atom stereocenters. The Morgan fingerprint density at radius 1 is 0.960 bits per heavy atom. The van der Waals surface area contributed by atoms with Gasteiger partial charge in [0.1, 0.15) is 12.4 Å². The van der Waals surface area contributed by atoms with Gasteiger partial charge in [-0.3, -0.25) is 4.90 Å². The van der Waals surface area contributed by atoms with Crippen molar-refractivity contribution in [3.05, 3.63) is 60.2 Å². The maximum absolute atomic E-state index is 9.25. The van der Waals surface area contributed by atoms with Gasteiger partial charge in [-0.1, -0.05) is 30.3 Å². The van der Waals surface area contributed by atoms with Crippen molar-refractivity contribution in [1.82, 2.24) is 4.90 Å². The van der Waals surface area contributed by atoms with E-state index < -0.39 is 6.10 Å². The predicted molar refractivity (Wildman–Crippen MR) is 102 cm³/mol. The number of anilines is 1. The molecule has 2 aromatic rings. The van der Waals surface area contributed by atoms with Crippen LogP contribution in [0.15, 0.2) is 54.6 Å². The van der Waals surface area contributed by atoms with Crippen LogP contribution in [0, 0.1) is 0 Å². The maximum Gasteiger partial charge on any atom is 0.119 e. The molecule has 1 heterocycles. The summed E-state index contributed by atoms with van der Waals surface area (Å²) in [7, 11) is 0. The molecule has 1 aliphatic heterocycles. The number of aliphatic hydroxyl groups is 1. The van der Waals surface area contributed by atoms with Gasteiger partial charge in [0.15, 0.2) is 0 Å². The Kier molecular flexibility index (Phi) is 6.31. The van der Waals surface area contributed by atoms with Gasteiger partial charge in [0.2, 0.25) is 0 Å². The summed E-state index contributed by atoms with van der Waals surface area (Å²) in [6.45, 7) is 7.58. The molecule has 4 nitrogen and oxygen atoms in total. The van der Waals surface area contributed by atoms with Gasteiger partial charge in [-0.15, -0.1) is 0 Å². The van der Waals surface area contributed by atoms with Crippen LogP contribution in [0.1, 0.15) is 12.5 Å². The number of aliphatic hydroxyl groups excluding tert-OH is 1. The lowest BCUT2D eigenvalue weighted by Gasteiger charge is -2.36. The molecule has 0 aliphatic carbocycles. The van der Waals surface area contributed by atoms with Crippen molar-refractivity contribution in [2.75, 3.05) is 44.2 Å². The van der Waals surface area contributed by atoms with Gasteiger partial charge in [-0.2, -0.15) is 0 Å². The number of hydrogen-bond acceptors (Lipinski definition) is 4. The molecule has 0 spiro atoms. The first kappa shape index (κ1) is 17.8. The number of benzene rings is 2. The lowest BCUT2D eigenvalue weighted by molar-refractivity contribution is 0.122. The van der Waals surface area contributed by atoms with Crippen LogP contribution in [0.25, 0.3) is 0 Å². The van der Waals surface area contributed by atoms with E-state index in [1.165, 1.54) is 11.3 Å². The Labute approximate surface area is 150 Å². The molecule has 1 aliphatic rings. The average molecular weight is 340 g/mol. The molecule has 1 saturated heterocycles. The molecule has 3 rings (SSSR count). The first-order chi connectivity index (χ1) is 12.2. The maximum atomic E-state index is 9.25. The Hall–Kier alpha value is -2.04. The quantitative estimate of drug-likeness (QED) is 0.841. The molecule has 0 amide bonds. The van der Waals surface area contributed by atoms with E-state index in [4.69, 9.17) is 4.74 Å². The molecule has 1 fully saturated rings. The van der Waals surface area contributed by atoms with Gasteiger partial charge in [0, 0.05) is 38.4 Å². The number of para-hydroxylation sites is 1. The van der Waals surface area contributed by atoms with Crippen LogP contribution >= 0.6 is 0 Å². The van der Waals surface area contributed by atoms with Crippen molar-refractivity contribution >= 4 is 5.69 Å².